The quantitative estimate of drug-likeness (QED) is 0.638. The molecule has 21 heavy (non-hydrogen) atoms. The summed E-state index contributed by atoms with van der Waals surface area (Å²) in [6, 6.07) is 10.4. The van der Waals surface area contributed by atoms with Gasteiger partial charge < -0.3 is 13.9 Å². The fourth-order valence-corrected chi connectivity index (χ4v) is 2.48. The average Bonchev–Trinajstić information content (AvgIpc) is 3.16. The molecule has 1 fully saturated rings. The number of Topliss-reactive ketones (excluding diaryl/α,β-unsaturated/α-hetero) is 1. The Kier molecular flexibility index (Phi) is 3.48. The van der Waals surface area contributed by atoms with Gasteiger partial charge in [-0.15, -0.1) is 0 Å². The van der Waals surface area contributed by atoms with Crippen LogP contribution in [-0.4, -0.2) is 18.9 Å². The summed E-state index contributed by atoms with van der Waals surface area (Å²) in [6.07, 6.45) is 0.921. The second-order valence-electron chi connectivity index (χ2n) is 4.84. The smallest absolute Gasteiger partial charge is 0.307 e. The van der Waals surface area contributed by atoms with Gasteiger partial charge in [-0.3, -0.25) is 9.59 Å². The molecule has 1 aliphatic rings. The molecule has 0 unspecified atom stereocenters. The van der Waals surface area contributed by atoms with Crippen molar-refractivity contribution in [3.8, 4) is 5.75 Å². The first kappa shape index (κ1) is 13.4. The highest BCUT2D eigenvalue weighted by Crippen LogP contribution is 2.38. The lowest BCUT2D eigenvalue weighted by molar-refractivity contribution is -0.141. The first-order chi connectivity index (χ1) is 10.2. The zero-order valence-electron chi connectivity index (χ0n) is 11.4. The molecule has 3 rings (SSSR count). The Balaban J connectivity index is 1.88. The molecule has 5 heteroatoms. The highest BCUT2D eigenvalue weighted by Gasteiger charge is 2.41. The zero-order valence-corrected chi connectivity index (χ0v) is 11.4. The maximum atomic E-state index is 12.4. The minimum absolute atomic E-state index is 0.0657. The standard InChI is InChI=1S/C16H14O5/c1-19-11-6-4-10(5-7-11)16-12(9-14(17)21-16)15(18)13-3-2-8-20-13/h2-8,12,16H,9H2,1H3/t12-,16-/m1/s1. The number of hydrogen-bond donors (Lipinski definition) is 0. The predicted molar refractivity (Wildman–Crippen MR) is 73.0 cm³/mol. The predicted octanol–water partition coefficient (Wildman–Crippen LogP) is 2.78. The molecule has 5 nitrogen and oxygen atoms in total. The van der Waals surface area contributed by atoms with Crippen molar-refractivity contribution in [2.75, 3.05) is 7.11 Å². The Labute approximate surface area is 121 Å². The molecule has 1 aliphatic heterocycles. The Morgan fingerprint density at radius 2 is 2.00 bits per heavy atom. The Morgan fingerprint density at radius 1 is 1.24 bits per heavy atom. The van der Waals surface area contributed by atoms with Crippen molar-refractivity contribution in [1.29, 1.82) is 0 Å². The number of cyclic esters (lactones) is 1. The first-order valence-electron chi connectivity index (χ1n) is 6.60. The van der Waals surface area contributed by atoms with Gasteiger partial charge in [0.05, 0.1) is 25.7 Å². The van der Waals surface area contributed by atoms with Crippen molar-refractivity contribution < 1.29 is 23.5 Å². The van der Waals surface area contributed by atoms with Crippen LogP contribution in [0.5, 0.6) is 5.75 Å². The summed E-state index contributed by atoms with van der Waals surface area (Å²) < 4.78 is 15.5. The fraction of sp³-hybridized carbons (Fsp3) is 0.250. The molecular weight excluding hydrogens is 272 g/mol. The highest BCUT2D eigenvalue weighted by atomic mass is 16.6. The molecule has 1 aromatic heterocycles. The van der Waals surface area contributed by atoms with Crippen molar-refractivity contribution in [3.63, 3.8) is 0 Å². The Bertz CT molecular complexity index is 642. The molecule has 0 saturated carbocycles. The number of furan rings is 1. The van der Waals surface area contributed by atoms with E-state index in [9.17, 15) is 9.59 Å². The summed E-state index contributed by atoms with van der Waals surface area (Å²) in [6.45, 7) is 0. The normalized spacial score (nSPS) is 21.1. The third kappa shape index (κ3) is 2.54. The van der Waals surface area contributed by atoms with Gasteiger partial charge in [-0.1, -0.05) is 12.1 Å². The van der Waals surface area contributed by atoms with Gasteiger partial charge in [0.25, 0.3) is 0 Å². The van der Waals surface area contributed by atoms with E-state index in [1.807, 2.05) is 0 Å². The lowest BCUT2D eigenvalue weighted by Gasteiger charge is -2.16. The van der Waals surface area contributed by atoms with E-state index in [1.165, 1.54) is 6.26 Å². The van der Waals surface area contributed by atoms with Crippen LogP contribution in [0, 0.1) is 5.92 Å². The number of ketones is 1. The summed E-state index contributed by atoms with van der Waals surface area (Å²) in [7, 11) is 1.58. The van der Waals surface area contributed by atoms with Crippen LogP contribution in [0.2, 0.25) is 0 Å². The molecule has 0 amide bonds. The van der Waals surface area contributed by atoms with Gasteiger partial charge >= 0.3 is 5.97 Å². The Morgan fingerprint density at radius 3 is 2.62 bits per heavy atom. The molecule has 2 heterocycles. The van der Waals surface area contributed by atoms with Crippen molar-refractivity contribution in [3.05, 3.63) is 54.0 Å². The number of benzene rings is 1. The molecular formula is C16H14O5. The van der Waals surface area contributed by atoms with Gasteiger partial charge in [0, 0.05) is 0 Å². The zero-order chi connectivity index (χ0) is 14.8. The molecule has 0 radical (unpaired) electrons. The number of methoxy groups -OCH3 is 1. The van der Waals surface area contributed by atoms with Gasteiger partial charge in [0.1, 0.15) is 11.9 Å². The SMILES string of the molecule is COc1ccc([C@H]2OC(=O)C[C@@H]2C(=O)c2ccco2)cc1. The van der Waals surface area contributed by atoms with Crippen molar-refractivity contribution in [2.24, 2.45) is 5.92 Å². The monoisotopic (exact) mass is 286 g/mol. The number of carbonyl (C=O) groups excluding carboxylic acids is 2. The third-order valence-electron chi connectivity index (χ3n) is 3.56. The number of esters is 1. The molecule has 108 valence electrons. The molecule has 0 aliphatic carbocycles. The second-order valence-corrected chi connectivity index (χ2v) is 4.84. The van der Waals surface area contributed by atoms with Crippen LogP contribution in [0.1, 0.15) is 28.6 Å². The molecule has 0 spiro atoms. The van der Waals surface area contributed by atoms with Crippen LogP contribution in [0.3, 0.4) is 0 Å². The van der Waals surface area contributed by atoms with Crippen LogP contribution in [0.4, 0.5) is 0 Å². The topological polar surface area (TPSA) is 65.7 Å². The molecule has 1 saturated heterocycles. The van der Waals surface area contributed by atoms with E-state index >= 15 is 0 Å². The van der Waals surface area contributed by atoms with Gasteiger partial charge in [-0.05, 0) is 29.8 Å². The van der Waals surface area contributed by atoms with E-state index in [-0.39, 0.29) is 23.9 Å². The Hall–Kier alpha value is -2.56. The lowest BCUT2D eigenvalue weighted by atomic mass is 9.90. The van der Waals surface area contributed by atoms with E-state index in [0.29, 0.717) is 5.75 Å². The largest absolute Gasteiger partial charge is 0.497 e. The summed E-state index contributed by atoms with van der Waals surface area (Å²) in [5.41, 5.74) is 0.770. The molecule has 1 aromatic carbocycles. The molecule has 2 aromatic rings. The lowest BCUT2D eigenvalue weighted by Crippen LogP contribution is -2.18. The second kappa shape index (κ2) is 5.44. The van der Waals surface area contributed by atoms with Crippen LogP contribution in [0.15, 0.2) is 47.1 Å². The minimum Gasteiger partial charge on any atom is -0.497 e. The first-order valence-corrected chi connectivity index (χ1v) is 6.60. The minimum atomic E-state index is -0.582. The van der Waals surface area contributed by atoms with Crippen LogP contribution in [0.25, 0.3) is 0 Å². The summed E-state index contributed by atoms with van der Waals surface area (Å²) in [5.74, 6) is -0.196. The maximum absolute atomic E-state index is 12.4. The number of rotatable bonds is 4. The van der Waals surface area contributed by atoms with Crippen molar-refractivity contribution >= 4 is 11.8 Å². The highest BCUT2D eigenvalue weighted by molar-refractivity contribution is 5.98. The van der Waals surface area contributed by atoms with Crippen LogP contribution >= 0.6 is 0 Å². The van der Waals surface area contributed by atoms with Gasteiger partial charge in [-0.2, -0.15) is 0 Å². The fourth-order valence-electron chi connectivity index (χ4n) is 2.48. The van der Waals surface area contributed by atoms with Crippen LogP contribution in [-0.2, 0) is 9.53 Å². The van der Waals surface area contributed by atoms with Gasteiger partial charge in [0.15, 0.2) is 5.76 Å². The summed E-state index contributed by atoms with van der Waals surface area (Å²) in [5, 5.41) is 0. The summed E-state index contributed by atoms with van der Waals surface area (Å²) >= 11 is 0. The van der Waals surface area contributed by atoms with Crippen molar-refractivity contribution in [1.82, 2.24) is 0 Å². The van der Waals surface area contributed by atoms with E-state index in [1.54, 1.807) is 43.5 Å². The van der Waals surface area contributed by atoms with E-state index in [4.69, 9.17) is 13.9 Å². The molecule has 0 N–H and O–H groups in total. The maximum Gasteiger partial charge on any atom is 0.307 e. The third-order valence-corrected chi connectivity index (χ3v) is 3.56. The molecule has 0 bridgehead atoms. The van der Waals surface area contributed by atoms with E-state index in [0.717, 1.165) is 5.56 Å². The van der Waals surface area contributed by atoms with E-state index in [2.05, 4.69) is 0 Å². The number of hydrogen-bond acceptors (Lipinski definition) is 5. The number of carbonyl (C=O) groups is 2. The number of ether oxygens (including phenoxy) is 2. The van der Waals surface area contributed by atoms with E-state index < -0.39 is 12.0 Å². The summed E-state index contributed by atoms with van der Waals surface area (Å²) in [4.78, 5) is 24.0. The van der Waals surface area contributed by atoms with Gasteiger partial charge in [0.2, 0.25) is 5.78 Å². The van der Waals surface area contributed by atoms with Gasteiger partial charge in [-0.25, -0.2) is 0 Å². The van der Waals surface area contributed by atoms with Crippen molar-refractivity contribution in [2.45, 2.75) is 12.5 Å². The average molecular weight is 286 g/mol. The van der Waals surface area contributed by atoms with Crippen LogP contribution < -0.4 is 4.74 Å². The molecule has 2 atom stereocenters.